The third kappa shape index (κ3) is 2.53. The van der Waals surface area contributed by atoms with Crippen molar-refractivity contribution in [3.8, 4) is 0 Å². The molecule has 0 spiro atoms. The maximum atomic E-state index is 2.36. The van der Waals surface area contributed by atoms with Gasteiger partial charge in [-0.1, -0.05) is 0 Å². The Morgan fingerprint density at radius 1 is 0.643 bits per heavy atom. The molecule has 2 heteroatoms. The molecule has 0 heterocycles. The van der Waals surface area contributed by atoms with E-state index in [4.69, 9.17) is 0 Å². The zero-order valence-corrected chi connectivity index (χ0v) is 12.9. The van der Waals surface area contributed by atoms with E-state index in [2.05, 4.69) is 78.4 Å². The van der Waals surface area contributed by atoms with E-state index in [1.165, 1.54) is 0 Å². The van der Waals surface area contributed by atoms with Crippen LogP contribution < -0.4 is 7.16 Å². The summed E-state index contributed by atoms with van der Waals surface area (Å²) in [5.41, 5.74) is 0. The average Bonchev–Trinajstić information content (AvgIpc) is 2.30. The van der Waals surface area contributed by atoms with Gasteiger partial charge in [-0.15, -0.1) is 0 Å². The summed E-state index contributed by atoms with van der Waals surface area (Å²) in [4.78, 5) is 0. The molecule has 0 atom stereocenters. The zero-order chi connectivity index (χ0) is 9.80. The third-order valence-electron chi connectivity index (χ3n) is 2.07. The van der Waals surface area contributed by atoms with Crippen LogP contribution in [-0.4, -0.2) is 33.0 Å². The Labute approximate surface area is 99.8 Å². The van der Waals surface area contributed by atoms with Crippen molar-refractivity contribution in [3.05, 3.63) is 60.7 Å². The molecule has 2 aromatic rings. The molecule has 0 aliphatic carbocycles. The van der Waals surface area contributed by atoms with Gasteiger partial charge < -0.3 is 0 Å². The third-order valence-corrected chi connectivity index (χ3v) is 16.0. The first-order valence-electron chi connectivity index (χ1n) is 4.53. The fraction of sp³-hybridized carbons (Fsp3) is 0. The second-order valence-corrected chi connectivity index (χ2v) is 16.1. The van der Waals surface area contributed by atoms with E-state index in [1.54, 1.807) is 7.16 Å². The monoisotopic (exact) mass is 404 g/mol. The summed E-state index contributed by atoms with van der Waals surface area (Å²) in [6.07, 6.45) is 0. The van der Waals surface area contributed by atoms with Gasteiger partial charge in [0.15, 0.2) is 0 Å². The molecule has 0 radical (unpaired) electrons. The van der Waals surface area contributed by atoms with Gasteiger partial charge in [0.1, 0.15) is 0 Å². The Morgan fingerprint density at radius 2 is 1.00 bits per heavy atom. The molecule has 2 rings (SSSR count). The SMILES string of the molecule is [Te]=[Sn]([c]1ccccc1)[c]1ccccc1. The van der Waals surface area contributed by atoms with Gasteiger partial charge in [-0.05, 0) is 0 Å². The first kappa shape index (κ1) is 10.5. The molecule has 2 aromatic carbocycles. The fourth-order valence-electron chi connectivity index (χ4n) is 1.35. The van der Waals surface area contributed by atoms with E-state index in [9.17, 15) is 0 Å². The van der Waals surface area contributed by atoms with Crippen LogP contribution in [-0.2, 0) is 0 Å². The van der Waals surface area contributed by atoms with Gasteiger partial charge in [-0.2, -0.15) is 0 Å². The molecule has 0 N–H and O–H groups in total. The first-order valence-corrected chi connectivity index (χ1v) is 16.4. The van der Waals surface area contributed by atoms with Crippen LogP contribution in [0.25, 0.3) is 0 Å². The summed E-state index contributed by atoms with van der Waals surface area (Å²) in [7, 11) is 0. The Kier molecular flexibility index (Phi) is 3.92. The van der Waals surface area contributed by atoms with Crippen LogP contribution in [0.2, 0.25) is 0 Å². The van der Waals surface area contributed by atoms with Gasteiger partial charge >= 0.3 is 101 Å². The number of hydrogen-bond donors (Lipinski definition) is 0. The van der Waals surface area contributed by atoms with Gasteiger partial charge in [-0.25, -0.2) is 0 Å². The quantitative estimate of drug-likeness (QED) is 0.659. The fourth-order valence-corrected chi connectivity index (χ4v) is 10.3. The van der Waals surface area contributed by atoms with E-state index in [0.29, 0.717) is 0 Å². The van der Waals surface area contributed by atoms with Crippen molar-refractivity contribution in [1.29, 1.82) is 0 Å². The second kappa shape index (κ2) is 5.21. The van der Waals surface area contributed by atoms with Crippen molar-refractivity contribution < 1.29 is 0 Å². The summed E-state index contributed by atoms with van der Waals surface area (Å²) in [5.74, 6) is 0. The summed E-state index contributed by atoms with van der Waals surface area (Å²) in [5, 5.41) is 0. The molecule has 68 valence electrons. The summed E-state index contributed by atoms with van der Waals surface area (Å²) >= 11 is 0.868. The van der Waals surface area contributed by atoms with Crippen LogP contribution in [0, 0.1) is 0 Å². The van der Waals surface area contributed by atoms with Crippen LogP contribution in [0.15, 0.2) is 60.7 Å². The standard InChI is InChI=1S/2C6H5.Sn.Te/c2*1-2-4-6-5-3-1;;/h2*1-5H;;. The van der Waals surface area contributed by atoms with Crippen LogP contribution in [0.3, 0.4) is 0 Å². The second-order valence-electron chi connectivity index (χ2n) is 3.06. The van der Waals surface area contributed by atoms with Crippen LogP contribution in [0.4, 0.5) is 0 Å². The molecule has 14 heavy (non-hydrogen) atoms. The molecule has 0 bridgehead atoms. The number of rotatable bonds is 2. The summed E-state index contributed by atoms with van der Waals surface area (Å²) in [6.45, 7) is 0. The summed E-state index contributed by atoms with van der Waals surface area (Å²) < 4.78 is 3.15. The molecule has 0 saturated heterocycles. The molecular formula is C12H10SnTe. The van der Waals surface area contributed by atoms with Crippen molar-refractivity contribution in [3.63, 3.8) is 0 Å². The van der Waals surface area contributed by atoms with Crippen molar-refractivity contribution in [1.82, 2.24) is 0 Å². The van der Waals surface area contributed by atoms with Gasteiger partial charge in [0.2, 0.25) is 0 Å². The number of hydrogen-bond acceptors (Lipinski definition) is 0. The molecule has 0 nitrogen and oxygen atoms in total. The maximum absolute atomic E-state index is 2.36. The average molecular weight is 401 g/mol. The van der Waals surface area contributed by atoms with Crippen LogP contribution in [0.5, 0.6) is 0 Å². The molecular weight excluding hydrogens is 390 g/mol. The zero-order valence-electron chi connectivity index (χ0n) is 7.68. The minimum atomic E-state index is -1.49. The molecule has 0 unspecified atom stereocenters. The predicted octanol–water partition coefficient (Wildman–Crippen LogP) is 0.961. The minimum absolute atomic E-state index is 1.49. The molecule has 0 fully saturated rings. The molecule has 0 saturated carbocycles. The predicted molar refractivity (Wildman–Crippen MR) is 63.7 cm³/mol. The number of benzene rings is 2. The van der Waals surface area contributed by atoms with E-state index >= 15 is 0 Å². The van der Waals surface area contributed by atoms with Gasteiger partial charge in [-0.3, -0.25) is 0 Å². The Hall–Kier alpha value is 0.0283. The van der Waals surface area contributed by atoms with Crippen molar-refractivity contribution in [2.45, 2.75) is 0 Å². The summed E-state index contributed by atoms with van der Waals surface area (Å²) in [6, 6.07) is 21.8. The van der Waals surface area contributed by atoms with Crippen LogP contribution >= 0.6 is 0 Å². The van der Waals surface area contributed by atoms with Crippen molar-refractivity contribution in [2.24, 2.45) is 0 Å². The van der Waals surface area contributed by atoms with Gasteiger partial charge in [0, 0.05) is 0 Å². The molecule has 0 aliphatic heterocycles. The van der Waals surface area contributed by atoms with Crippen LogP contribution in [0.1, 0.15) is 0 Å². The van der Waals surface area contributed by atoms with Crippen molar-refractivity contribution >= 4 is 40.1 Å². The molecule has 0 aromatic heterocycles. The van der Waals surface area contributed by atoms with Gasteiger partial charge in [0.05, 0.1) is 0 Å². The Morgan fingerprint density at radius 3 is 1.36 bits per heavy atom. The Balaban J connectivity index is 2.35. The van der Waals surface area contributed by atoms with E-state index in [-0.39, 0.29) is 0 Å². The van der Waals surface area contributed by atoms with Crippen molar-refractivity contribution in [2.75, 3.05) is 0 Å². The first-order chi connectivity index (χ1) is 6.88. The van der Waals surface area contributed by atoms with Gasteiger partial charge in [0.25, 0.3) is 0 Å². The topological polar surface area (TPSA) is 0 Å². The van der Waals surface area contributed by atoms with E-state index in [1.807, 2.05) is 0 Å². The van der Waals surface area contributed by atoms with E-state index in [0.717, 1.165) is 0 Å². The van der Waals surface area contributed by atoms with E-state index < -0.39 is 15.2 Å². The normalized spacial score (nSPS) is 9.71. The Bertz CT molecular complexity index is 381. The molecule has 0 amide bonds. The molecule has 0 aliphatic rings.